The lowest BCUT2D eigenvalue weighted by Crippen LogP contribution is -2.58. The van der Waals surface area contributed by atoms with Crippen LogP contribution in [0.1, 0.15) is 41.0 Å². The lowest BCUT2D eigenvalue weighted by molar-refractivity contribution is -0.154. The number of Topliss-reactive ketones (excluding diaryl/α,β-unsaturated/α-hetero) is 1. The van der Waals surface area contributed by atoms with E-state index in [1.807, 2.05) is 20.8 Å². The molecule has 0 aromatic rings. The van der Waals surface area contributed by atoms with E-state index in [0.717, 1.165) is 0 Å². The van der Waals surface area contributed by atoms with Crippen LogP contribution >= 0.6 is 0 Å². The minimum absolute atomic E-state index is 0.183. The van der Waals surface area contributed by atoms with Gasteiger partial charge in [0.1, 0.15) is 12.2 Å². The predicted octanol–water partition coefficient (Wildman–Crippen LogP) is 1.55. The number of aliphatic hydroxyl groups excluding tert-OH is 2. The Labute approximate surface area is 153 Å². The number of hydrogen-bond acceptors (Lipinski definition) is 6. The van der Waals surface area contributed by atoms with E-state index in [4.69, 9.17) is 9.47 Å². The molecule has 1 saturated heterocycles. The second kappa shape index (κ2) is 5.75. The van der Waals surface area contributed by atoms with Gasteiger partial charge in [0.15, 0.2) is 11.2 Å². The number of allylic oxidation sites excluding steroid dienone is 1. The third-order valence-corrected chi connectivity index (χ3v) is 6.64. The van der Waals surface area contributed by atoms with E-state index in [2.05, 4.69) is 6.58 Å². The zero-order chi connectivity index (χ0) is 19.7. The molecule has 1 spiro atoms. The number of aliphatic hydroxyl groups is 2. The Morgan fingerprint density at radius 2 is 2.08 bits per heavy atom. The van der Waals surface area contributed by atoms with Crippen LogP contribution in [0.5, 0.6) is 0 Å². The van der Waals surface area contributed by atoms with Crippen LogP contribution in [0.3, 0.4) is 0 Å². The van der Waals surface area contributed by atoms with Crippen molar-refractivity contribution in [2.75, 3.05) is 6.61 Å². The molecule has 0 aromatic carbocycles. The first-order valence-electron chi connectivity index (χ1n) is 9.06. The number of carbonyl (C=O) groups excluding carboxylic acids is 2. The average molecular weight is 364 g/mol. The molecular formula is C20H28O6. The maximum absolute atomic E-state index is 13.0. The first-order valence-corrected chi connectivity index (χ1v) is 9.06. The molecule has 26 heavy (non-hydrogen) atoms. The fourth-order valence-electron chi connectivity index (χ4n) is 5.09. The molecule has 6 unspecified atom stereocenters. The molecule has 0 aromatic heterocycles. The third-order valence-electron chi connectivity index (χ3n) is 6.64. The van der Waals surface area contributed by atoms with Gasteiger partial charge in [-0.1, -0.05) is 33.4 Å². The number of rotatable bonds is 4. The van der Waals surface area contributed by atoms with Crippen molar-refractivity contribution < 1.29 is 29.3 Å². The normalized spacial score (nSPS) is 43.5. The van der Waals surface area contributed by atoms with Gasteiger partial charge in [0, 0.05) is 16.9 Å². The molecule has 6 heteroatoms. The topological polar surface area (TPSA) is 96.4 Å². The monoisotopic (exact) mass is 364 g/mol. The minimum Gasteiger partial charge on any atom is -0.455 e. The smallest absolute Gasteiger partial charge is 0.333 e. The Kier molecular flexibility index (Phi) is 4.26. The van der Waals surface area contributed by atoms with Gasteiger partial charge in [-0.15, -0.1) is 0 Å². The first-order chi connectivity index (χ1) is 12.0. The van der Waals surface area contributed by atoms with Gasteiger partial charge in [0.25, 0.3) is 0 Å². The summed E-state index contributed by atoms with van der Waals surface area (Å²) in [5.74, 6) is -1.47. The van der Waals surface area contributed by atoms with Crippen LogP contribution in [-0.4, -0.2) is 52.0 Å². The van der Waals surface area contributed by atoms with Gasteiger partial charge >= 0.3 is 5.97 Å². The van der Waals surface area contributed by atoms with Gasteiger partial charge in [-0.3, -0.25) is 4.79 Å². The van der Waals surface area contributed by atoms with Crippen LogP contribution in [-0.2, 0) is 19.1 Å². The van der Waals surface area contributed by atoms with Gasteiger partial charge in [-0.2, -0.15) is 0 Å². The summed E-state index contributed by atoms with van der Waals surface area (Å²) in [6.45, 7) is 12.6. The van der Waals surface area contributed by atoms with Crippen molar-refractivity contribution in [3.05, 3.63) is 23.8 Å². The molecule has 3 aliphatic rings. The van der Waals surface area contributed by atoms with Crippen molar-refractivity contribution in [2.45, 2.75) is 64.4 Å². The molecule has 0 radical (unpaired) electrons. The van der Waals surface area contributed by atoms with Crippen LogP contribution in [0.2, 0.25) is 0 Å². The number of esters is 1. The maximum Gasteiger partial charge on any atom is 0.333 e. The van der Waals surface area contributed by atoms with Crippen molar-refractivity contribution in [2.24, 2.45) is 17.3 Å². The molecule has 2 saturated carbocycles. The zero-order valence-corrected chi connectivity index (χ0v) is 16.0. The SMILES string of the molecule is C=C(CO)C12OC13C(CC(C)(C)C3OC(=O)C(C)=CC)C(C)C(O)C2=O. The van der Waals surface area contributed by atoms with E-state index in [-0.39, 0.29) is 17.4 Å². The van der Waals surface area contributed by atoms with Crippen molar-refractivity contribution in [3.8, 4) is 0 Å². The van der Waals surface area contributed by atoms with E-state index in [0.29, 0.717) is 12.0 Å². The molecular weight excluding hydrogens is 336 g/mol. The predicted molar refractivity (Wildman–Crippen MR) is 94.1 cm³/mol. The lowest BCUT2D eigenvalue weighted by atomic mass is 9.64. The van der Waals surface area contributed by atoms with Crippen LogP contribution in [0.4, 0.5) is 0 Å². The Bertz CT molecular complexity index is 707. The maximum atomic E-state index is 13.0. The van der Waals surface area contributed by atoms with Crippen molar-refractivity contribution in [1.29, 1.82) is 0 Å². The molecule has 144 valence electrons. The van der Waals surface area contributed by atoms with Crippen LogP contribution in [0.25, 0.3) is 0 Å². The fourth-order valence-corrected chi connectivity index (χ4v) is 5.09. The highest BCUT2D eigenvalue weighted by molar-refractivity contribution is 6.01. The quantitative estimate of drug-likeness (QED) is 0.340. The van der Waals surface area contributed by atoms with Gasteiger partial charge in [0.05, 0.1) is 6.61 Å². The van der Waals surface area contributed by atoms with Gasteiger partial charge in [0.2, 0.25) is 5.78 Å². The molecule has 6 nitrogen and oxygen atoms in total. The molecule has 3 fully saturated rings. The largest absolute Gasteiger partial charge is 0.455 e. The van der Waals surface area contributed by atoms with Crippen LogP contribution < -0.4 is 0 Å². The lowest BCUT2D eigenvalue weighted by Gasteiger charge is -2.37. The Morgan fingerprint density at radius 3 is 2.62 bits per heavy atom. The molecule has 0 bridgehead atoms. The van der Waals surface area contributed by atoms with E-state index < -0.39 is 47.2 Å². The Morgan fingerprint density at radius 1 is 1.46 bits per heavy atom. The third kappa shape index (κ3) is 2.09. The van der Waals surface area contributed by atoms with Crippen molar-refractivity contribution in [1.82, 2.24) is 0 Å². The van der Waals surface area contributed by atoms with Crippen molar-refractivity contribution in [3.63, 3.8) is 0 Å². The highest BCUT2D eigenvalue weighted by atomic mass is 16.7. The number of ether oxygens (including phenoxy) is 2. The fraction of sp³-hybridized carbons (Fsp3) is 0.700. The summed E-state index contributed by atoms with van der Waals surface area (Å²) in [6.07, 6.45) is 0.433. The Hall–Kier alpha value is -1.50. The molecule has 3 rings (SSSR count). The van der Waals surface area contributed by atoms with Gasteiger partial charge in [-0.25, -0.2) is 4.79 Å². The summed E-state index contributed by atoms with van der Waals surface area (Å²) in [5, 5.41) is 20.2. The highest BCUT2D eigenvalue weighted by Crippen LogP contribution is 2.72. The summed E-state index contributed by atoms with van der Waals surface area (Å²) >= 11 is 0. The molecule has 1 aliphatic heterocycles. The van der Waals surface area contributed by atoms with E-state index >= 15 is 0 Å². The second-order valence-corrected chi connectivity index (χ2v) is 8.56. The molecule has 1 heterocycles. The van der Waals surface area contributed by atoms with Gasteiger partial charge in [-0.05, 0) is 31.8 Å². The van der Waals surface area contributed by atoms with E-state index in [1.165, 1.54) is 0 Å². The van der Waals surface area contributed by atoms with Crippen LogP contribution in [0, 0.1) is 17.3 Å². The second-order valence-electron chi connectivity index (χ2n) is 8.56. The summed E-state index contributed by atoms with van der Waals surface area (Å²) in [5.41, 5.74) is -2.33. The summed E-state index contributed by atoms with van der Waals surface area (Å²) in [4.78, 5) is 25.4. The average Bonchev–Trinajstić information content (AvgIpc) is 3.26. The molecule has 2 N–H and O–H groups in total. The number of hydrogen-bond donors (Lipinski definition) is 2. The summed E-state index contributed by atoms with van der Waals surface area (Å²) in [6, 6.07) is 0. The number of epoxide rings is 1. The minimum atomic E-state index is -1.49. The summed E-state index contributed by atoms with van der Waals surface area (Å²) in [7, 11) is 0. The van der Waals surface area contributed by atoms with E-state index in [1.54, 1.807) is 19.9 Å². The van der Waals surface area contributed by atoms with Crippen LogP contribution in [0.15, 0.2) is 23.8 Å². The molecule has 0 amide bonds. The number of carbonyl (C=O) groups is 2. The van der Waals surface area contributed by atoms with Gasteiger partial charge < -0.3 is 19.7 Å². The molecule has 2 aliphatic carbocycles. The summed E-state index contributed by atoms with van der Waals surface area (Å²) < 4.78 is 11.9. The van der Waals surface area contributed by atoms with Crippen molar-refractivity contribution >= 4 is 11.8 Å². The first kappa shape index (κ1) is 19.3. The van der Waals surface area contributed by atoms with E-state index in [9.17, 15) is 19.8 Å². The standard InChI is InChI=1S/C20H28O6/c1-7-10(2)16(24)25-17-18(5,6)8-13-12(4)14(22)15(23)19(11(3)9-21)20(13,17)26-19/h7,12-14,17,21-22H,3,8-9H2,1-2,4-6H3. The zero-order valence-electron chi connectivity index (χ0n) is 16.0. The Balaban J connectivity index is 2.11. The molecule has 6 atom stereocenters. The number of ketones is 1. The highest BCUT2D eigenvalue weighted by Gasteiger charge is 2.89.